The van der Waals surface area contributed by atoms with E-state index in [1.54, 1.807) is 0 Å². The van der Waals surface area contributed by atoms with Gasteiger partial charge in [0.05, 0.1) is 11.1 Å². The van der Waals surface area contributed by atoms with Gasteiger partial charge in [-0.25, -0.2) is 0 Å². The second-order valence-electron chi connectivity index (χ2n) is 8.66. The maximum absolute atomic E-state index is 13.4. The summed E-state index contributed by atoms with van der Waals surface area (Å²) < 4.78 is 0. The van der Waals surface area contributed by atoms with Crippen molar-refractivity contribution in [3.63, 3.8) is 0 Å². The molecule has 1 aliphatic carbocycles. The van der Waals surface area contributed by atoms with Crippen molar-refractivity contribution in [2.24, 2.45) is 0 Å². The van der Waals surface area contributed by atoms with E-state index in [9.17, 15) is 4.79 Å². The fourth-order valence-corrected chi connectivity index (χ4v) is 4.96. The number of piperazine rings is 1. The minimum atomic E-state index is -0.0239. The fourth-order valence-electron chi connectivity index (χ4n) is 4.96. The Balaban J connectivity index is 1.41. The number of para-hydroxylation sites is 1. The van der Waals surface area contributed by atoms with Gasteiger partial charge in [0.1, 0.15) is 0 Å². The van der Waals surface area contributed by atoms with Gasteiger partial charge in [0.2, 0.25) is 0 Å². The average Bonchev–Trinajstić information content (AvgIpc) is 3.26. The van der Waals surface area contributed by atoms with E-state index in [0.717, 1.165) is 91.0 Å². The smallest absolute Gasteiger partial charge is 0.256 e. The van der Waals surface area contributed by atoms with Crippen molar-refractivity contribution in [1.29, 1.82) is 0 Å². The van der Waals surface area contributed by atoms with Gasteiger partial charge in [0.15, 0.2) is 0 Å². The number of anilines is 2. The third-order valence-corrected chi connectivity index (χ3v) is 6.79. The molecule has 2 aliphatic rings. The number of likely N-dealkylation sites (N-methyl/N-ethyl adjacent to an activating group) is 1. The number of nitrogens with zero attached hydrogens (tertiary/aromatic N) is 3. The molecule has 2 aromatic carbocycles. The molecular formula is C26H30N4O. The van der Waals surface area contributed by atoms with Crippen LogP contribution in [0.5, 0.6) is 0 Å². The first kappa shape index (κ1) is 20.0. The highest BCUT2D eigenvalue weighted by atomic mass is 16.1. The average molecular weight is 415 g/mol. The first-order valence-corrected chi connectivity index (χ1v) is 11.4. The van der Waals surface area contributed by atoms with Crippen LogP contribution in [0.15, 0.2) is 42.5 Å². The van der Waals surface area contributed by atoms with Crippen LogP contribution >= 0.6 is 0 Å². The molecule has 0 radical (unpaired) electrons. The summed E-state index contributed by atoms with van der Waals surface area (Å²) in [6.07, 6.45) is 2.95. The van der Waals surface area contributed by atoms with Gasteiger partial charge in [0, 0.05) is 48.6 Å². The van der Waals surface area contributed by atoms with Crippen molar-refractivity contribution >= 4 is 28.2 Å². The number of benzene rings is 2. The lowest BCUT2D eigenvalue weighted by Crippen LogP contribution is -2.46. The number of hydrogen-bond donors (Lipinski definition) is 1. The van der Waals surface area contributed by atoms with Crippen molar-refractivity contribution in [2.45, 2.75) is 33.1 Å². The predicted octanol–water partition coefficient (Wildman–Crippen LogP) is 4.43. The zero-order chi connectivity index (χ0) is 21.4. The van der Waals surface area contributed by atoms with E-state index >= 15 is 0 Å². The summed E-state index contributed by atoms with van der Waals surface area (Å²) in [5, 5.41) is 4.15. The lowest BCUT2D eigenvalue weighted by atomic mass is 10.00. The zero-order valence-corrected chi connectivity index (χ0v) is 18.4. The first-order valence-electron chi connectivity index (χ1n) is 11.4. The second-order valence-corrected chi connectivity index (χ2v) is 8.66. The lowest BCUT2D eigenvalue weighted by Gasteiger charge is -2.35. The van der Waals surface area contributed by atoms with Crippen LogP contribution in [0, 0.1) is 6.92 Å². The number of carbonyl (C=O) groups excluding carboxylic acids is 1. The molecule has 31 heavy (non-hydrogen) atoms. The van der Waals surface area contributed by atoms with Crippen molar-refractivity contribution in [2.75, 3.05) is 42.9 Å². The number of hydrogen-bond acceptors (Lipinski definition) is 4. The molecule has 5 heteroatoms. The number of aryl methyl sites for hydroxylation is 2. The number of carbonyl (C=O) groups is 1. The molecule has 1 aliphatic heterocycles. The molecule has 0 spiro atoms. The lowest BCUT2D eigenvalue weighted by molar-refractivity contribution is 0.102. The number of rotatable bonds is 4. The summed E-state index contributed by atoms with van der Waals surface area (Å²) in [4.78, 5) is 23.2. The van der Waals surface area contributed by atoms with E-state index in [1.807, 2.05) is 24.3 Å². The highest BCUT2D eigenvalue weighted by molar-refractivity contribution is 6.14. The highest BCUT2D eigenvalue weighted by Gasteiger charge is 2.24. The zero-order valence-electron chi connectivity index (χ0n) is 18.4. The van der Waals surface area contributed by atoms with Gasteiger partial charge in [-0.2, -0.15) is 0 Å². The molecule has 0 bridgehead atoms. The van der Waals surface area contributed by atoms with Gasteiger partial charge >= 0.3 is 0 Å². The van der Waals surface area contributed by atoms with Gasteiger partial charge in [-0.15, -0.1) is 0 Å². The number of amides is 1. The largest absolute Gasteiger partial charge is 0.369 e. The van der Waals surface area contributed by atoms with Crippen LogP contribution in [0.3, 0.4) is 0 Å². The Hall–Kier alpha value is -2.92. The summed E-state index contributed by atoms with van der Waals surface area (Å²) >= 11 is 0. The first-order chi connectivity index (χ1) is 15.1. The minimum absolute atomic E-state index is 0.0239. The quantitative estimate of drug-likeness (QED) is 0.686. The Morgan fingerprint density at radius 3 is 2.65 bits per heavy atom. The minimum Gasteiger partial charge on any atom is -0.369 e. The van der Waals surface area contributed by atoms with Gasteiger partial charge in [0.25, 0.3) is 5.91 Å². The number of fused-ring (bicyclic) bond motifs is 2. The van der Waals surface area contributed by atoms with Crippen LogP contribution in [-0.4, -0.2) is 48.5 Å². The van der Waals surface area contributed by atoms with E-state index < -0.39 is 0 Å². The van der Waals surface area contributed by atoms with Gasteiger partial charge in [-0.05, 0) is 68.1 Å². The number of nitrogens with one attached hydrogen (secondary N) is 1. The predicted molar refractivity (Wildman–Crippen MR) is 127 cm³/mol. The Morgan fingerprint density at radius 2 is 1.87 bits per heavy atom. The standard InChI is InChI=1S/C26H30N4O/c1-3-29-13-15-30(16-14-29)19-11-12-22(18(2)17-19)28-26(31)25-20-7-4-5-9-23(20)27-24-10-6-8-21(24)25/h4-5,7,9,11-12,17H,3,6,8,10,13-16H2,1-2H3,(H,28,31). The molecule has 0 unspecified atom stereocenters. The normalized spacial score (nSPS) is 16.5. The molecule has 1 amide bonds. The molecule has 5 rings (SSSR count). The fraction of sp³-hybridized carbons (Fsp3) is 0.385. The molecule has 2 heterocycles. The molecular weight excluding hydrogens is 384 g/mol. The van der Waals surface area contributed by atoms with Crippen LogP contribution in [0.2, 0.25) is 0 Å². The van der Waals surface area contributed by atoms with Crippen molar-refractivity contribution in [1.82, 2.24) is 9.88 Å². The number of aromatic nitrogens is 1. The molecule has 1 saturated heterocycles. The summed E-state index contributed by atoms with van der Waals surface area (Å²) in [5.74, 6) is -0.0239. The monoisotopic (exact) mass is 414 g/mol. The molecule has 160 valence electrons. The molecule has 3 aromatic rings. The van der Waals surface area contributed by atoms with Crippen molar-refractivity contribution < 1.29 is 4.79 Å². The van der Waals surface area contributed by atoms with Crippen LogP contribution < -0.4 is 10.2 Å². The van der Waals surface area contributed by atoms with Crippen LogP contribution in [0.4, 0.5) is 11.4 Å². The van der Waals surface area contributed by atoms with Crippen LogP contribution in [-0.2, 0) is 12.8 Å². The van der Waals surface area contributed by atoms with E-state index in [4.69, 9.17) is 4.98 Å². The molecule has 5 nitrogen and oxygen atoms in total. The topological polar surface area (TPSA) is 48.5 Å². The molecule has 0 atom stereocenters. The highest BCUT2D eigenvalue weighted by Crippen LogP contribution is 2.31. The Labute approximate surface area is 184 Å². The molecule has 1 N–H and O–H groups in total. The second kappa shape index (κ2) is 8.31. The van der Waals surface area contributed by atoms with Gasteiger partial charge < -0.3 is 15.1 Å². The summed E-state index contributed by atoms with van der Waals surface area (Å²) in [7, 11) is 0. The Bertz CT molecular complexity index is 1130. The maximum atomic E-state index is 13.4. The third kappa shape index (κ3) is 3.79. The van der Waals surface area contributed by atoms with Crippen molar-refractivity contribution in [3.05, 3.63) is 64.8 Å². The van der Waals surface area contributed by atoms with Crippen LogP contribution in [0.1, 0.15) is 40.5 Å². The Morgan fingerprint density at radius 1 is 1.06 bits per heavy atom. The molecule has 0 saturated carbocycles. The van der Waals surface area contributed by atoms with Gasteiger partial charge in [-0.3, -0.25) is 9.78 Å². The maximum Gasteiger partial charge on any atom is 0.256 e. The van der Waals surface area contributed by atoms with Crippen molar-refractivity contribution in [3.8, 4) is 0 Å². The van der Waals surface area contributed by atoms with E-state index in [0.29, 0.717) is 0 Å². The summed E-state index contributed by atoms with van der Waals surface area (Å²) in [6, 6.07) is 14.4. The van der Waals surface area contributed by atoms with E-state index in [2.05, 4.69) is 47.2 Å². The molecule has 1 fully saturated rings. The number of pyridine rings is 1. The summed E-state index contributed by atoms with van der Waals surface area (Å²) in [5.41, 5.74) is 7.14. The SMILES string of the molecule is CCN1CCN(c2ccc(NC(=O)c3c4c(nc5ccccc35)CCC4)c(C)c2)CC1. The Kier molecular flexibility index (Phi) is 5.36. The third-order valence-electron chi connectivity index (χ3n) is 6.79. The summed E-state index contributed by atoms with van der Waals surface area (Å²) in [6.45, 7) is 9.73. The van der Waals surface area contributed by atoms with E-state index in [-0.39, 0.29) is 5.91 Å². The molecule has 1 aromatic heterocycles. The van der Waals surface area contributed by atoms with Gasteiger partial charge in [-0.1, -0.05) is 25.1 Å². The van der Waals surface area contributed by atoms with Crippen LogP contribution in [0.25, 0.3) is 10.9 Å². The van der Waals surface area contributed by atoms with E-state index in [1.165, 1.54) is 5.69 Å².